The molecule has 7 heteroatoms. The van der Waals surface area contributed by atoms with E-state index in [0.29, 0.717) is 21.4 Å². The van der Waals surface area contributed by atoms with Crippen molar-refractivity contribution in [3.05, 3.63) is 45.2 Å². The molecule has 0 saturated carbocycles. The van der Waals surface area contributed by atoms with Crippen LogP contribution in [-0.2, 0) is 7.05 Å². The maximum Gasteiger partial charge on any atom is 0.335 e. The van der Waals surface area contributed by atoms with Crippen molar-refractivity contribution in [3.63, 3.8) is 0 Å². The minimum absolute atomic E-state index is 0.0966. The number of aromatic nitrogens is 2. The van der Waals surface area contributed by atoms with E-state index in [4.69, 9.17) is 5.11 Å². The van der Waals surface area contributed by atoms with Crippen LogP contribution in [0.3, 0.4) is 0 Å². The van der Waals surface area contributed by atoms with E-state index >= 15 is 0 Å². The van der Waals surface area contributed by atoms with Crippen molar-refractivity contribution < 1.29 is 14.7 Å². The van der Waals surface area contributed by atoms with E-state index in [1.807, 2.05) is 0 Å². The lowest BCUT2D eigenvalue weighted by atomic mass is 10.1. The van der Waals surface area contributed by atoms with Crippen molar-refractivity contribution >= 4 is 33.5 Å². The van der Waals surface area contributed by atoms with E-state index in [1.54, 1.807) is 31.6 Å². The number of benzene rings is 1. The molecule has 2 aromatic rings. The summed E-state index contributed by atoms with van der Waals surface area (Å²) in [5, 5.41) is 15.9. The van der Waals surface area contributed by atoms with Crippen LogP contribution >= 0.6 is 15.9 Å². The number of hydrogen-bond acceptors (Lipinski definition) is 3. The molecule has 0 fully saturated rings. The highest BCUT2D eigenvalue weighted by molar-refractivity contribution is 9.10. The molecule has 0 aliphatic rings. The summed E-state index contributed by atoms with van der Waals surface area (Å²) >= 11 is 3.23. The third-order valence-corrected chi connectivity index (χ3v) is 3.60. The van der Waals surface area contributed by atoms with E-state index in [2.05, 4.69) is 26.3 Å². The second-order valence-electron chi connectivity index (χ2n) is 4.66. The fraction of sp³-hybridized carbons (Fsp3) is 0.214. The summed E-state index contributed by atoms with van der Waals surface area (Å²) < 4.78 is 2.21. The number of hydrogen-bond donors (Lipinski definition) is 2. The Kier molecular flexibility index (Phi) is 4.13. The Bertz CT molecular complexity index is 737. The molecule has 1 amide bonds. The van der Waals surface area contributed by atoms with Gasteiger partial charge in [-0.15, -0.1) is 0 Å². The van der Waals surface area contributed by atoms with Gasteiger partial charge in [-0.2, -0.15) is 5.10 Å². The Morgan fingerprint density at radius 2 is 1.95 bits per heavy atom. The van der Waals surface area contributed by atoms with Crippen LogP contribution in [0.15, 0.2) is 22.7 Å². The van der Waals surface area contributed by atoms with Crippen molar-refractivity contribution in [1.29, 1.82) is 0 Å². The predicted octanol–water partition coefficient (Wildman–Crippen LogP) is 2.75. The molecule has 0 atom stereocenters. The molecule has 0 radical (unpaired) electrons. The van der Waals surface area contributed by atoms with Gasteiger partial charge in [0, 0.05) is 22.9 Å². The van der Waals surface area contributed by atoms with E-state index in [-0.39, 0.29) is 11.5 Å². The summed E-state index contributed by atoms with van der Waals surface area (Å²) in [7, 11) is 1.76. The van der Waals surface area contributed by atoms with Gasteiger partial charge in [0.2, 0.25) is 0 Å². The Balaban J connectivity index is 2.34. The summed E-state index contributed by atoms with van der Waals surface area (Å²) in [6.45, 7) is 3.56. The minimum Gasteiger partial charge on any atom is -0.478 e. The first-order chi connectivity index (χ1) is 9.79. The van der Waals surface area contributed by atoms with Gasteiger partial charge in [-0.1, -0.05) is 15.9 Å². The quantitative estimate of drug-likeness (QED) is 0.890. The van der Waals surface area contributed by atoms with Gasteiger partial charge in [0.25, 0.3) is 5.91 Å². The highest BCUT2D eigenvalue weighted by atomic mass is 79.9. The fourth-order valence-corrected chi connectivity index (χ4v) is 2.57. The molecule has 0 spiro atoms. The van der Waals surface area contributed by atoms with E-state index in [1.165, 1.54) is 12.1 Å². The summed E-state index contributed by atoms with van der Waals surface area (Å²) in [5.74, 6) is -1.37. The molecule has 0 aliphatic carbocycles. The van der Waals surface area contributed by atoms with Crippen LogP contribution in [0.5, 0.6) is 0 Å². The standard InChI is InChI=1S/C14H14BrN3O3/c1-7-12(8(2)18(3)17-7)13(19)16-11-5-9(14(20)21)4-10(15)6-11/h4-6H,1-3H3,(H,16,19)(H,20,21). The number of carbonyl (C=O) groups excluding carboxylic acids is 1. The summed E-state index contributed by atoms with van der Waals surface area (Å²) in [6, 6.07) is 4.52. The molecule has 2 N–H and O–H groups in total. The summed E-state index contributed by atoms with van der Waals surface area (Å²) in [4.78, 5) is 23.4. The Hall–Kier alpha value is -2.15. The smallest absolute Gasteiger partial charge is 0.335 e. The molecule has 1 aromatic heterocycles. The number of amides is 1. The molecular formula is C14H14BrN3O3. The normalized spacial score (nSPS) is 10.5. The molecule has 0 bridgehead atoms. The fourth-order valence-electron chi connectivity index (χ4n) is 2.08. The molecule has 110 valence electrons. The third kappa shape index (κ3) is 3.13. The zero-order valence-electron chi connectivity index (χ0n) is 11.8. The maximum atomic E-state index is 12.3. The van der Waals surface area contributed by atoms with Gasteiger partial charge in [0.05, 0.1) is 16.8 Å². The predicted molar refractivity (Wildman–Crippen MR) is 81.7 cm³/mol. The lowest BCUT2D eigenvalue weighted by Crippen LogP contribution is -2.14. The first-order valence-corrected chi connectivity index (χ1v) is 6.94. The molecule has 1 aromatic carbocycles. The largest absolute Gasteiger partial charge is 0.478 e. The van der Waals surface area contributed by atoms with E-state index in [0.717, 1.165) is 5.69 Å². The van der Waals surface area contributed by atoms with Gasteiger partial charge in [-0.25, -0.2) is 4.79 Å². The number of nitrogens with one attached hydrogen (secondary N) is 1. The number of aromatic carboxylic acids is 1. The minimum atomic E-state index is -1.06. The zero-order valence-corrected chi connectivity index (χ0v) is 13.4. The van der Waals surface area contributed by atoms with Gasteiger partial charge in [0.1, 0.15) is 0 Å². The van der Waals surface area contributed by atoms with Gasteiger partial charge in [-0.05, 0) is 32.0 Å². The lowest BCUT2D eigenvalue weighted by molar-refractivity contribution is 0.0696. The summed E-state index contributed by atoms with van der Waals surface area (Å²) in [5.41, 5.74) is 2.38. The average Bonchev–Trinajstić information content (AvgIpc) is 2.62. The van der Waals surface area contributed by atoms with Crippen LogP contribution in [0.1, 0.15) is 32.1 Å². The molecule has 1 heterocycles. The highest BCUT2D eigenvalue weighted by Gasteiger charge is 2.18. The number of anilines is 1. The van der Waals surface area contributed by atoms with Crippen molar-refractivity contribution in [1.82, 2.24) is 9.78 Å². The Labute approximate surface area is 129 Å². The third-order valence-electron chi connectivity index (χ3n) is 3.14. The van der Waals surface area contributed by atoms with Crippen LogP contribution in [0, 0.1) is 13.8 Å². The van der Waals surface area contributed by atoms with Crippen LogP contribution in [-0.4, -0.2) is 26.8 Å². The highest BCUT2D eigenvalue weighted by Crippen LogP contribution is 2.21. The lowest BCUT2D eigenvalue weighted by Gasteiger charge is -2.07. The first-order valence-electron chi connectivity index (χ1n) is 6.15. The second kappa shape index (κ2) is 5.69. The van der Waals surface area contributed by atoms with Crippen molar-refractivity contribution in [2.24, 2.45) is 7.05 Å². The Morgan fingerprint density at radius 3 is 2.48 bits per heavy atom. The molecule has 6 nitrogen and oxygen atoms in total. The van der Waals surface area contributed by atoms with E-state index < -0.39 is 5.97 Å². The van der Waals surface area contributed by atoms with Crippen LogP contribution in [0.2, 0.25) is 0 Å². The maximum absolute atomic E-state index is 12.3. The molecular weight excluding hydrogens is 338 g/mol. The monoisotopic (exact) mass is 351 g/mol. The Morgan fingerprint density at radius 1 is 1.29 bits per heavy atom. The molecule has 2 rings (SSSR count). The topological polar surface area (TPSA) is 84.2 Å². The van der Waals surface area contributed by atoms with Crippen molar-refractivity contribution in [3.8, 4) is 0 Å². The summed E-state index contributed by atoms with van der Waals surface area (Å²) in [6.07, 6.45) is 0. The number of aryl methyl sites for hydroxylation is 2. The van der Waals surface area contributed by atoms with Gasteiger partial charge < -0.3 is 10.4 Å². The van der Waals surface area contributed by atoms with Crippen molar-refractivity contribution in [2.75, 3.05) is 5.32 Å². The number of carbonyl (C=O) groups is 2. The number of nitrogens with zero attached hydrogens (tertiary/aromatic N) is 2. The molecule has 21 heavy (non-hydrogen) atoms. The van der Waals surface area contributed by atoms with E-state index in [9.17, 15) is 9.59 Å². The van der Waals surface area contributed by atoms with Crippen LogP contribution in [0.4, 0.5) is 5.69 Å². The van der Waals surface area contributed by atoms with Gasteiger partial charge >= 0.3 is 5.97 Å². The first kappa shape index (κ1) is 15.2. The molecule has 0 aliphatic heterocycles. The molecule has 0 saturated heterocycles. The zero-order chi connectivity index (χ0) is 15.7. The average molecular weight is 352 g/mol. The van der Waals surface area contributed by atoms with Crippen LogP contribution in [0.25, 0.3) is 0 Å². The SMILES string of the molecule is Cc1nn(C)c(C)c1C(=O)Nc1cc(Br)cc(C(=O)O)c1. The number of rotatable bonds is 3. The number of halogens is 1. The van der Waals surface area contributed by atoms with Crippen molar-refractivity contribution in [2.45, 2.75) is 13.8 Å². The number of carboxylic acid groups (broad SMARTS) is 1. The second-order valence-corrected chi connectivity index (χ2v) is 5.57. The van der Waals surface area contributed by atoms with Crippen LogP contribution < -0.4 is 5.32 Å². The van der Waals surface area contributed by atoms with Gasteiger partial charge in [-0.3, -0.25) is 9.48 Å². The van der Waals surface area contributed by atoms with Gasteiger partial charge in [0.15, 0.2) is 0 Å². The number of carboxylic acids is 1. The molecule has 0 unspecified atom stereocenters.